The summed E-state index contributed by atoms with van der Waals surface area (Å²) in [6, 6.07) is 3.75. The van der Waals surface area contributed by atoms with Crippen molar-refractivity contribution in [2.75, 3.05) is 7.05 Å². The Morgan fingerprint density at radius 1 is 1.37 bits per heavy atom. The lowest BCUT2D eigenvalue weighted by atomic mass is 9.93. The van der Waals surface area contributed by atoms with Crippen molar-refractivity contribution in [3.63, 3.8) is 0 Å². The highest BCUT2D eigenvalue weighted by Crippen LogP contribution is 2.30. The highest BCUT2D eigenvalue weighted by molar-refractivity contribution is 7.89. The fraction of sp³-hybridized carbons (Fsp3) is 0.455. The van der Waals surface area contributed by atoms with Crippen molar-refractivity contribution in [1.29, 1.82) is 0 Å². The van der Waals surface area contributed by atoms with E-state index in [9.17, 15) is 18.5 Å². The van der Waals surface area contributed by atoms with Gasteiger partial charge in [0.05, 0.1) is 9.82 Å². The van der Waals surface area contributed by atoms with Gasteiger partial charge in [-0.2, -0.15) is 0 Å². The number of nitrogens with two attached hydrogens (primary N) is 1. The molecule has 0 aliphatic heterocycles. The van der Waals surface area contributed by atoms with Crippen LogP contribution in [-0.4, -0.2) is 26.4 Å². The van der Waals surface area contributed by atoms with Crippen molar-refractivity contribution in [1.82, 2.24) is 5.32 Å². The van der Waals surface area contributed by atoms with Crippen molar-refractivity contribution in [3.8, 4) is 0 Å². The maximum Gasteiger partial charge on any atom is 0.274 e. The van der Waals surface area contributed by atoms with Gasteiger partial charge in [0.2, 0.25) is 10.0 Å². The first-order valence-corrected chi connectivity index (χ1v) is 7.21. The fourth-order valence-electron chi connectivity index (χ4n) is 1.76. The third kappa shape index (κ3) is 3.49. The molecule has 0 bridgehead atoms. The van der Waals surface area contributed by atoms with Crippen molar-refractivity contribution in [2.45, 2.75) is 30.7 Å². The lowest BCUT2D eigenvalue weighted by Crippen LogP contribution is -2.27. The van der Waals surface area contributed by atoms with E-state index in [0.717, 1.165) is 6.07 Å². The van der Waals surface area contributed by atoms with Gasteiger partial charge >= 0.3 is 0 Å². The Kier molecular flexibility index (Phi) is 4.61. The topological polar surface area (TPSA) is 115 Å². The average molecular weight is 287 g/mol. The molecule has 7 nitrogen and oxygen atoms in total. The summed E-state index contributed by atoms with van der Waals surface area (Å²) in [5.74, 6) is -0.139. The maximum absolute atomic E-state index is 11.2. The van der Waals surface area contributed by atoms with Gasteiger partial charge in [0.1, 0.15) is 0 Å². The lowest BCUT2D eigenvalue weighted by molar-refractivity contribution is -0.386. The van der Waals surface area contributed by atoms with Crippen LogP contribution >= 0.6 is 0 Å². The molecule has 3 N–H and O–H groups in total. The van der Waals surface area contributed by atoms with Crippen molar-refractivity contribution >= 4 is 15.7 Å². The van der Waals surface area contributed by atoms with Gasteiger partial charge in [-0.1, -0.05) is 13.0 Å². The molecule has 0 saturated carbocycles. The van der Waals surface area contributed by atoms with Gasteiger partial charge in [0, 0.05) is 23.6 Å². The number of likely N-dealkylation sites (N-methyl/N-ethyl adjacent to an activating group) is 1. The van der Waals surface area contributed by atoms with E-state index < -0.39 is 14.9 Å². The predicted octanol–water partition coefficient (Wildman–Crippen LogP) is 0.954. The number of hydrogen-bond acceptors (Lipinski definition) is 5. The quantitative estimate of drug-likeness (QED) is 0.618. The molecule has 0 aliphatic carbocycles. The molecule has 1 aromatic rings. The summed E-state index contributed by atoms with van der Waals surface area (Å²) < 4.78 is 22.4. The van der Waals surface area contributed by atoms with E-state index >= 15 is 0 Å². The monoisotopic (exact) mass is 287 g/mol. The normalized spacial score (nSPS) is 14.9. The highest BCUT2D eigenvalue weighted by atomic mass is 32.2. The van der Waals surface area contributed by atoms with Crippen molar-refractivity contribution < 1.29 is 13.3 Å². The number of nitrogens with one attached hydrogen (secondary N) is 1. The molecule has 0 radical (unpaired) electrons. The summed E-state index contributed by atoms with van der Waals surface area (Å²) in [7, 11) is -2.19. The number of nitro benzene ring substituents is 1. The number of sulfonamides is 1. The second-order valence-electron chi connectivity index (χ2n) is 4.39. The predicted molar refractivity (Wildman–Crippen MR) is 71.4 cm³/mol. The highest BCUT2D eigenvalue weighted by Gasteiger charge is 2.24. The number of primary sulfonamides is 1. The average Bonchev–Trinajstić information content (AvgIpc) is 2.35. The molecule has 0 heterocycles. The molecule has 8 heteroatoms. The third-order valence-corrected chi connectivity index (χ3v) is 4.13. The number of hydrogen-bond donors (Lipinski definition) is 2. The molecule has 106 valence electrons. The van der Waals surface area contributed by atoms with Crippen LogP contribution in [-0.2, 0) is 10.0 Å². The molecule has 0 fully saturated rings. The van der Waals surface area contributed by atoms with Crippen LogP contribution in [0.3, 0.4) is 0 Å². The largest absolute Gasteiger partial charge is 0.317 e. The summed E-state index contributed by atoms with van der Waals surface area (Å²) in [6.45, 7) is 3.72. The Morgan fingerprint density at radius 3 is 2.37 bits per heavy atom. The Morgan fingerprint density at radius 2 is 1.95 bits per heavy atom. The summed E-state index contributed by atoms with van der Waals surface area (Å²) >= 11 is 0. The fourth-order valence-corrected chi connectivity index (χ4v) is 2.30. The zero-order valence-corrected chi connectivity index (χ0v) is 11.8. The smallest absolute Gasteiger partial charge is 0.274 e. The number of rotatable bonds is 5. The van der Waals surface area contributed by atoms with Crippen LogP contribution in [0.4, 0.5) is 5.69 Å². The summed E-state index contributed by atoms with van der Waals surface area (Å²) in [4.78, 5) is 10.2. The molecule has 2 unspecified atom stereocenters. The van der Waals surface area contributed by atoms with E-state index in [-0.39, 0.29) is 22.5 Å². The number of nitro groups is 1. The van der Waals surface area contributed by atoms with Gasteiger partial charge in [0.15, 0.2) is 0 Å². The molecule has 1 aromatic carbocycles. The minimum atomic E-state index is -3.95. The van der Waals surface area contributed by atoms with Crippen LogP contribution < -0.4 is 10.5 Å². The lowest BCUT2D eigenvalue weighted by Gasteiger charge is -2.19. The maximum atomic E-state index is 11.2. The van der Waals surface area contributed by atoms with Gasteiger partial charge in [-0.25, -0.2) is 13.6 Å². The molecule has 0 amide bonds. The second kappa shape index (κ2) is 5.64. The molecule has 0 spiro atoms. The van der Waals surface area contributed by atoms with Gasteiger partial charge in [0.25, 0.3) is 5.69 Å². The van der Waals surface area contributed by atoms with E-state index in [4.69, 9.17) is 5.14 Å². The molecule has 1 rings (SSSR count). The Bertz CT molecular complexity index is 586. The van der Waals surface area contributed by atoms with Crippen LogP contribution in [0.15, 0.2) is 23.1 Å². The Balaban J connectivity index is 3.39. The van der Waals surface area contributed by atoms with Crippen LogP contribution in [0.1, 0.15) is 25.3 Å². The van der Waals surface area contributed by atoms with Gasteiger partial charge in [-0.3, -0.25) is 10.1 Å². The molecule has 0 aliphatic rings. The van der Waals surface area contributed by atoms with Crippen molar-refractivity contribution in [3.05, 3.63) is 33.9 Å². The molecule has 2 atom stereocenters. The zero-order chi connectivity index (χ0) is 14.8. The van der Waals surface area contributed by atoms with Gasteiger partial charge < -0.3 is 5.32 Å². The molecular weight excluding hydrogens is 270 g/mol. The number of benzene rings is 1. The summed E-state index contributed by atoms with van der Waals surface area (Å²) in [5.41, 5.74) is 0.236. The molecule has 0 aromatic heterocycles. The first kappa shape index (κ1) is 15.5. The van der Waals surface area contributed by atoms with Gasteiger partial charge in [-0.05, 0) is 20.0 Å². The minimum absolute atomic E-state index is 0.0130. The SMILES string of the molecule is CNC(C)C(C)c1ccc(S(N)(=O)=O)cc1[N+](=O)[O-]. The first-order valence-electron chi connectivity index (χ1n) is 5.67. The molecular formula is C11H17N3O4S. The van der Waals surface area contributed by atoms with E-state index in [0.29, 0.717) is 5.56 Å². The third-order valence-electron chi connectivity index (χ3n) is 3.22. The molecule has 19 heavy (non-hydrogen) atoms. The summed E-state index contributed by atoms with van der Waals surface area (Å²) in [5, 5.41) is 19.0. The van der Waals surface area contributed by atoms with Gasteiger partial charge in [-0.15, -0.1) is 0 Å². The minimum Gasteiger partial charge on any atom is -0.317 e. The van der Waals surface area contributed by atoms with E-state index in [1.807, 2.05) is 13.8 Å². The van der Waals surface area contributed by atoms with Crippen LogP contribution in [0, 0.1) is 10.1 Å². The number of nitrogens with zero attached hydrogens (tertiary/aromatic N) is 1. The zero-order valence-electron chi connectivity index (χ0n) is 11.0. The van der Waals surface area contributed by atoms with E-state index in [1.54, 1.807) is 7.05 Å². The van der Waals surface area contributed by atoms with Crippen LogP contribution in [0.2, 0.25) is 0 Å². The Labute approximate surface area is 112 Å². The standard InChI is InChI=1S/C11H17N3O4S/c1-7(8(2)13-3)10-5-4-9(19(12,17)18)6-11(10)14(15)16/h4-8,13H,1-3H3,(H2,12,17,18). The Hall–Kier alpha value is -1.51. The van der Waals surface area contributed by atoms with Crippen molar-refractivity contribution in [2.24, 2.45) is 5.14 Å². The van der Waals surface area contributed by atoms with Crippen LogP contribution in [0.25, 0.3) is 0 Å². The van der Waals surface area contributed by atoms with Crippen LogP contribution in [0.5, 0.6) is 0 Å². The van der Waals surface area contributed by atoms with E-state index in [1.165, 1.54) is 12.1 Å². The van der Waals surface area contributed by atoms with E-state index in [2.05, 4.69) is 5.32 Å². The summed E-state index contributed by atoms with van der Waals surface area (Å²) in [6.07, 6.45) is 0. The first-order chi connectivity index (χ1) is 8.68. The second-order valence-corrected chi connectivity index (χ2v) is 5.95. The molecule has 0 saturated heterocycles.